The van der Waals surface area contributed by atoms with Gasteiger partial charge in [-0.15, -0.1) is 0 Å². The quantitative estimate of drug-likeness (QED) is 0.193. The summed E-state index contributed by atoms with van der Waals surface area (Å²) in [6.07, 6.45) is 2.29. The van der Waals surface area contributed by atoms with Crippen LogP contribution in [0.3, 0.4) is 0 Å². The molecule has 0 saturated carbocycles. The lowest BCUT2D eigenvalue weighted by atomic mass is 9.87. The van der Waals surface area contributed by atoms with E-state index in [1.165, 1.54) is 59.9 Å². The van der Waals surface area contributed by atoms with Crippen molar-refractivity contribution in [1.82, 2.24) is 9.38 Å². The van der Waals surface area contributed by atoms with Crippen LogP contribution in [0, 0.1) is 0 Å². The normalized spacial score (nSPS) is 12.5. The smallest absolute Gasteiger partial charge is 0.145 e. The number of pyridine rings is 1. The van der Waals surface area contributed by atoms with Crippen molar-refractivity contribution in [2.24, 2.45) is 0 Å². The molecular weight excluding hydrogens is 424 g/mol. The van der Waals surface area contributed by atoms with Gasteiger partial charge in [-0.2, -0.15) is 0 Å². The van der Waals surface area contributed by atoms with Gasteiger partial charge in [0, 0.05) is 33.3 Å². The number of nitrogens with zero attached hydrogens (tertiary/aromatic N) is 2. The predicted octanol–water partition coefficient (Wildman–Crippen LogP) is 9.30. The van der Waals surface area contributed by atoms with Gasteiger partial charge in [-0.25, -0.2) is 4.98 Å². The van der Waals surface area contributed by atoms with E-state index in [-0.39, 0.29) is 0 Å². The average molecular weight is 453 g/mol. The molecule has 0 aliphatic rings. The Bertz CT molecular complexity index is 1880. The van der Waals surface area contributed by atoms with Gasteiger partial charge in [0.15, 0.2) is 0 Å². The molecule has 0 aliphatic carbocycles. The van der Waals surface area contributed by atoms with Gasteiger partial charge in [0.25, 0.3) is 0 Å². The van der Waals surface area contributed by atoms with Crippen LogP contribution < -0.4 is 0 Å². The third kappa shape index (κ3) is 2.80. The van der Waals surface area contributed by atoms with Crippen molar-refractivity contribution in [1.29, 1.82) is 0 Å². The first-order valence-electron chi connectivity index (χ1n) is 12.6. The van der Waals surface area contributed by atoms with Gasteiger partial charge >= 0.3 is 0 Å². The van der Waals surface area contributed by atoms with Gasteiger partial charge in [-0.05, 0) is 45.2 Å². The molecule has 0 bridgehead atoms. The van der Waals surface area contributed by atoms with Crippen LogP contribution in [0.4, 0.5) is 0 Å². The fraction of sp³-hybridized carbons (Fsp3) is 0.182. The Balaban J connectivity index is 1.73. The van der Waals surface area contributed by atoms with E-state index in [2.05, 4.69) is 117 Å². The Morgan fingerprint density at radius 1 is 0.629 bits per heavy atom. The molecule has 5 aromatic carbocycles. The third-order valence-corrected chi connectivity index (χ3v) is 7.66. The average Bonchev–Trinajstić information content (AvgIpc) is 3.32. The largest absolute Gasteiger partial charge is 0.298 e. The highest BCUT2D eigenvalue weighted by Crippen LogP contribution is 2.42. The molecule has 2 nitrogen and oxygen atoms in total. The van der Waals surface area contributed by atoms with Crippen molar-refractivity contribution in [3.8, 4) is 11.3 Å². The van der Waals surface area contributed by atoms with Gasteiger partial charge in [-0.3, -0.25) is 4.40 Å². The van der Waals surface area contributed by atoms with E-state index in [0.29, 0.717) is 11.8 Å². The molecule has 0 amide bonds. The molecule has 0 atom stereocenters. The topological polar surface area (TPSA) is 17.3 Å². The SMILES string of the molecule is CC(C)c1cccc(C(C)C)c1-c1cn2c(n1)c1cccc3ccc4cc5ccccc5c2c4c31. The minimum atomic E-state index is 0.423. The molecule has 7 rings (SSSR count). The zero-order valence-corrected chi connectivity index (χ0v) is 20.6. The van der Waals surface area contributed by atoms with Crippen LogP contribution in [0.1, 0.15) is 50.7 Å². The lowest BCUT2D eigenvalue weighted by Gasteiger charge is -2.18. The van der Waals surface area contributed by atoms with E-state index < -0.39 is 0 Å². The highest BCUT2D eigenvalue weighted by molar-refractivity contribution is 6.30. The summed E-state index contributed by atoms with van der Waals surface area (Å²) in [5, 5.41) is 8.95. The lowest BCUT2D eigenvalue weighted by Crippen LogP contribution is -1.99. The first-order chi connectivity index (χ1) is 17.0. The third-order valence-electron chi connectivity index (χ3n) is 7.66. The number of imidazole rings is 1. The zero-order valence-electron chi connectivity index (χ0n) is 20.6. The van der Waals surface area contributed by atoms with E-state index in [4.69, 9.17) is 4.98 Å². The summed E-state index contributed by atoms with van der Waals surface area (Å²) in [5.41, 5.74) is 7.39. The maximum Gasteiger partial charge on any atom is 0.145 e. The van der Waals surface area contributed by atoms with Gasteiger partial charge < -0.3 is 0 Å². The molecule has 0 radical (unpaired) electrons. The van der Waals surface area contributed by atoms with E-state index >= 15 is 0 Å². The van der Waals surface area contributed by atoms with Crippen LogP contribution in [-0.4, -0.2) is 9.38 Å². The fourth-order valence-corrected chi connectivity index (χ4v) is 6.06. The molecule has 0 fully saturated rings. The second-order valence-electron chi connectivity index (χ2n) is 10.5. The van der Waals surface area contributed by atoms with Crippen LogP contribution in [-0.2, 0) is 0 Å². The standard InChI is InChI=1S/C33H28N2/c1-19(2)24-12-8-13-25(20(3)4)31(24)28-18-35-32-26-11-6-5-9-22(26)17-23-16-15-21-10-7-14-27(33(35)34-28)29(21)30(23)32/h5-20H,1-4H3. The van der Waals surface area contributed by atoms with Crippen molar-refractivity contribution < 1.29 is 0 Å². The van der Waals surface area contributed by atoms with E-state index in [9.17, 15) is 0 Å². The number of fused-ring (bicyclic) bond motifs is 5. The fourth-order valence-electron chi connectivity index (χ4n) is 6.06. The van der Waals surface area contributed by atoms with E-state index in [1.54, 1.807) is 0 Å². The first-order valence-corrected chi connectivity index (χ1v) is 12.6. The molecule has 0 unspecified atom stereocenters. The molecule has 2 heterocycles. The summed E-state index contributed by atoms with van der Waals surface area (Å²) in [7, 11) is 0. The predicted molar refractivity (Wildman–Crippen MR) is 150 cm³/mol. The van der Waals surface area contributed by atoms with Crippen molar-refractivity contribution in [2.45, 2.75) is 39.5 Å². The number of rotatable bonds is 3. The molecule has 2 heteroatoms. The second-order valence-corrected chi connectivity index (χ2v) is 10.5. The van der Waals surface area contributed by atoms with E-state index in [1.807, 2.05) is 0 Å². The minimum Gasteiger partial charge on any atom is -0.298 e. The second kappa shape index (κ2) is 7.29. The summed E-state index contributed by atoms with van der Waals surface area (Å²) >= 11 is 0. The van der Waals surface area contributed by atoms with Crippen LogP contribution in [0.15, 0.2) is 85.1 Å². The molecule has 0 aliphatic heterocycles. The van der Waals surface area contributed by atoms with Crippen LogP contribution in [0.2, 0.25) is 0 Å². The Morgan fingerprint density at radius 3 is 2.06 bits per heavy atom. The minimum absolute atomic E-state index is 0.423. The molecule has 7 aromatic rings. The van der Waals surface area contributed by atoms with Gasteiger partial charge in [-0.1, -0.05) is 100 Å². The van der Waals surface area contributed by atoms with Crippen molar-refractivity contribution in [2.75, 3.05) is 0 Å². The van der Waals surface area contributed by atoms with Gasteiger partial charge in [0.1, 0.15) is 5.65 Å². The molecule has 2 aromatic heterocycles. The molecule has 0 spiro atoms. The maximum absolute atomic E-state index is 5.39. The molecule has 35 heavy (non-hydrogen) atoms. The highest BCUT2D eigenvalue weighted by Gasteiger charge is 2.21. The number of hydrogen-bond acceptors (Lipinski definition) is 1. The summed E-state index contributed by atoms with van der Waals surface area (Å²) in [6, 6.07) is 29.0. The highest BCUT2D eigenvalue weighted by atomic mass is 15.0. The number of hydrogen-bond donors (Lipinski definition) is 0. The Kier molecular flexibility index (Phi) is 4.26. The summed E-state index contributed by atoms with van der Waals surface area (Å²) in [6.45, 7) is 9.13. The van der Waals surface area contributed by atoms with Crippen LogP contribution >= 0.6 is 0 Å². The van der Waals surface area contributed by atoms with Crippen LogP contribution in [0.25, 0.3) is 60.1 Å². The molecule has 170 valence electrons. The maximum atomic E-state index is 5.39. The molecule has 0 N–H and O–H groups in total. The van der Waals surface area contributed by atoms with Gasteiger partial charge in [0.05, 0.1) is 11.2 Å². The van der Waals surface area contributed by atoms with Crippen molar-refractivity contribution in [3.63, 3.8) is 0 Å². The number of aromatic nitrogens is 2. The Hall–Kier alpha value is -3.91. The first kappa shape index (κ1) is 20.5. The van der Waals surface area contributed by atoms with Crippen molar-refractivity contribution >= 4 is 48.9 Å². The van der Waals surface area contributed by atoms with Crippen LogP contribution in [0.5, 0.6) is 0 Å². The lowest BCUT2D eigenvalue weighted by molar-refractivity contribution is 0.837. The zero-order chi connectivity index (χ0) is 23.8. The van der Waals surface area contributed by atoms with E-state index in [0.717, 1.165) is 11.3 Å². The monoisotopic (exact) mass is 452 g/mol. The van der Waals surface area contributed by atoms with Crippen molar-refractivity contribution in [3.05, 3.63) is 96.2 Å². The molecule has 0 saturated heterocycles. The number of benzene rings is 5. The summed E-state index contributed by atoms with van der Waals surface area (Å²) < 4.78 is 2.36. The Morgan fingerprint density at radius 2 is 1.29 bits per heavy atom. The molecular formula is C33H28N2. The van der Waals surface area contributed by atoms with Gasteiger partial charge in [0.2, 0.25) is 0 Å². The summed E-state index contributed by atoms with van der Waals surface area (Å²) in [5.74, 6) is 0.847. The Labute approximate surface area is 205 Å². The summed E-state index contributed by atoms with van der Waals surface area (Å²) in [4.78, 5) is 5.39.